The van der Waals surface area contributed by atoms with Gasteiger partial charge in [0, 0.05) is 40.3 Å². The van der Waals surface area contributed by atoms with Crippen molar-refractivity contribution in [3.8, 4) is 23.2 Å². The molecular formula is C50H55ClN6O6. The first-order valence-electron chi connectivity index (χ1n) is 21.9. The highest BCUT2D eigenvalue weighted by atomic mass is 35.5. The first-order valence-corrected chi connectivity index (χ1v) is 22.3. The Labute approximate surface area is 373 Å². The molecule has 0 aliphatic heterocycles. The number of hydrogen-bond acceptors (Lipinski definition) is 9. The normalized spacial score (nSPS) is 17.2. The van der Waals surface area contributed by atoms with Crippen LogP contribution in [0.25, 0.3) is 22.3 Å². The van der Waals surface area contributed by atoms with Gasteiger partial charge < -0.3 is 30.8 Å². The zero-order chi connectivity index (χ0) is 44.4. The van der Waals surface area contributed by atoms with Crippen LogP contribution in [0.4, 0.5) is 5.69 Å². The molecular weight excluding hydrogens is 816 g/mol. The minimum absolute atomic E-state index is 0.247. The van der Waals surface area contributed by atoms with E-state index in [-0.39, 0.29) is 17.8 Å². The van der Waals surface area contributed by atoms with E-state index in [1.54, 1.807) is 18.3 Å². The van der Waals surface area contributed by atoms with E-state index in [1.807, 2.05) is 60.8 Å². The Kier molecular flexibility index (Phi) is 14.5. The smallest absolute Gasteiger partial charge is 0.331 e. The van der Waals surface area contributed by atoms with Crippen LogP contribution in [0.1, 0.15) is 128 Å². The van der Waals surface area contributed by atoms with Crippen molar-refractivity contribution in [3.05, 3.63) is 113 Å². The van der Waals surface area contributed by atoms with Gasteiger partial charge in [-0.2, -0.15) is 0 Å². The van der Waals surface area contributed by atoms with Crippen molar-refractivity contribution in [3.63, 3.8) is 0 Å². The summed E-state index contributed by atoms with van der Waals surface area (Å²) < 4.78 is 9.66. The van der Waals surface area contributed by atoms with E-state index >= 15 is 0 Å². The summed E-state index contributed by atoms with van der Waals surface area (Å²) in [6.07, 6.45) is 17.9. The summed E-state index contributed by atoms with van der Waals surface area (Å²) in [4.78, 5) is 61.3. The molecule has 0 saturated heterocycles. The largest absolute Gasteiger partial charge is 0.467 e. The molecule has 5 aromatic rings. The van der Waals surface area contributed by atoms with Crippen molar-refractivity contribution in [2.24, 2.45) is 5.92 Å². The third-order valence-corrected chi connectivity index (χ3v) is 13.1. The summed E-state index contributed by atoms with van der Waals surface area (Å²) in [7, 11) is 2.68. The van der Waals surface area contributed by atoms with Crippen LogP contribution >= 0.6 is 11.6 Å². The summed E-state index contributed by atoms with van der Waals surface area (Å²) in [6, 6.07) is 22.2. The number of halogens is 1. The van der Waals surface area contributed by atoms with Crippen molar-refractivity contribution in [2.45, 2.75) is 107 Å². The van der Waals surface area contributed by atoms with Gasteiger partial charge in [-0.05, 0) is 136 Å². The lowest BCUT2D eigenvalue weighted by Crippen LogP contribution is -2.59. The van der Waals surface area contributed by atoms with Crippen LogP contribution in [0.2, 0.25) is 5.02 Å². The molecule has 0 unspecified atom stereocenters. The van der Waals surface area contributed by atoms with Gasteiger partial charge in [0.15, 0.2) is 0 Å². The van der Waals surface area contributed by atoms with Crippen LogP contribution in [-0.4, -0.2) is 64.0 Å². The number of H-pyrrole nitrogens is 1. The van der Waals surface area contributed by atoms with E-state index in [1.165, 1.54) is 77.2 Å². The maximum atomic E-state index is 13.0. The molecule has 5 N–H and O–H groups in total. The van der Waals surface area contributed by atoms with Crippen LogP contribution in [0, 0.1) is 17.8 Å². The monoisotopic (exact) mass is 870 g/mol. The van der Waals surface area contributed by atoms with Gasteiger partial charge in [0.1, 0.15) is 16.8 Å². The molecule has 0 atom stereocenters. The van der Waals surface area contributed by atoms with E-state index in [9.17, 15) is 19.2 Å². The molecule has 63 heavy (non-hydrogen) atoms. The van der Waals surface area contributed by atoms with E-state index < -0.39 is 17.0 Å². The van der Waals surface area contributed by atoms with E-state index in [0.29, 0.717) is 59.4 Å². The minimum Gasteiger partial charge on any atom is -0.467 e. The number of nitrogens with zero attached hydrogens (tertiary/aromatic N) is 2. The number of methoxy groups -OCH3 is 2. The zero-order valence-electron chi connectivity index (χ0n) is 35.9. The van der Waals surface area contributed by atoms with Crippen molar-refractivity contribution in [1.82, 2.24) is 25.6 Å². The summed E-state index contributed by atoms with van der Waals surface area (Å²) in [5, 5.41) is 7.20. The second kappa shape index (κ2) is 20.3. The Balaban J connectivity index is 0.000000158. The van der Waals surface area contributed by atoms with Crippen LogP contribution in [0.15, 0.2) is 85.2 Å². The molecule has 4 fully saturated rings. The number of benzene rings is 2. The maximum absolute atomic E-state index is 13.0. The van der Waals surface area contributed by atoms with Gasteiger partial charge >= 0.3 is 11.9 Å². The predicted octanol–water partition coefficient (Wildman–Crippen LogP) is 9.08. The Morgan fingerprint density at radius 3 is 1.83 bits per heavy atom. The fraction of sp³-hybridized carbons (Fsp3) is 0.400. The minimum atomic E-state index is -0.889. The molecule has 13 heteroatoms. The molecule has 0 spiro atoms. The number of carbonyl (C=O) groups is 4. The third kappa shape index (κ3) is 10.4. The standard InChI is InChI=1S/C25H27N3O3.C13H15ClN2O3.C12H13N/c1-31-24(30)25(12-6-13-25)28-23(29)17-10-11-18-20(15-17)27-22(19-9-4-5-14-26-19)21(18)16-7-2-3-8-16;1-19-12(18)13(5-2-6-13)16-11(17)8-3-4-9(14)10(15)7-8;1-2-6-11(5-1)8-9-12-7-3-4-10-13-12/h4-5,9-11,14-16,27H,2-3,6-8,12-13H2,1H3,(H,28,29);3-4,7H,2,5-6,15H2,1H3,(H,16,17);3-4,7,10-11H,1-2,5-6H2. The molecule has 3 aromatic heterocycles. The van der Waals surface area contributed by atoms with Crippen LogP contribution < -0.4 is 16.4 Å². The number of pyridine rings is 2. The van der Waals surface area contributed by atoms with Crippen LogP contribution in [0.5, 0.6) is 0 Å². The van der Waals surface area contributed by atoms with Gasteiger partial charge in [-0.25, -0.2) is 14.6 Å². The molecule has 2 aromatic carbocycles. The molecule has 3 heterocycles. The topological polar surface area (TPSA) is 178 Å². The van der Waals surface area contributed by atoms with Gasteiger partial charge in [0.25, 0.3) is 11.8 Å². The number of fused-ring (bicyclic) bond motifs is 1. The molecule has 12 nitrogen and oxygen atoms in total. The predicted molar refractivity (Wildman–Crippen MR) is 244 cm³/mol. The molecule has 2 amide bonds. The summed E-state index contributed by atoms with van der Waals surface area (Å²) in [5.41, 5.74) is 10.2. The summed E-state index contributed by atoms with van der Waals surface area (Å²) in [5.74, 6) is 6.17. The van der Waals surface area contributed by atoms with E-state index in [0.717, 1.165) is 40.8 Å². The number of carbonyl (C=O) groups excluding carboxylic acids is 4. The number of aromatic nitrogens is 3. The lowest BCUT2D eigenvalue weighted by Gasteiger charge is -2.39. The molecule has 0 radical (unpaired) electrons. The Morgan fingerprint density at radius 2 is 1.30 bits per heavy atom. The van der Waals surface area contributed by atoms with Gasteiger partial charge in [0.2, 0.25) is 0 Å². The average Bonchev–Trinajstić information content (AvgIpc) is 4.09. The highest BCUT2D eigenvalue weighted by Gasteiger charge is 2.47. The maximum Gasteiger partial charge on any atom is 0.331 e. The van der Waals surface area contributed by atoms with E-state index in [2.05, 4.69) is 37.4 Å². The van der Waals surface area contributed by atoms with Crippen molar-refractivity contribution in [2.75, 3.05) is 20.0 Å². The van der Waals surface area contributed by atoms with Crippen LogP contribution in [0.3, 0.4) is 0 Å². The SMILES string of the molecule is C(#CC1CCCC1)c1ccccn1.COC(=O)C1(NC(=O)c2ccc(Cl)c(N)c2)CCC1.COC(=O)C1(NC(=O)c2ccc3c(C4CCCC4)c(-c4ccccn4)[nH]c3c2)CCC1. The lowest BCUT2D eigenvalue weighted by atomic mass is 9.76. The number of amides is 2. The van der Waals surface area contributed by atoms with Crippen molar-refractivity contribution < 1.29 is 28.7 Å². The Bertz CT molecular complexity index is 2480. The number of rotatable bonds is 8. The molecule has 0 bridgehead atoms. The van der Waals surface area contributed by atoms with Gasteiger partial charge in [0.05, 0.1) is 36.3 Å². The second-order valence-corrected chi connectivity index (χ2v) is 17.2. The number of ether oxygens (including phenoxy) is 2. The summed E-state index contributed by atoms with van der Waals surface area (Å²) in [6.45, 7) is 0. The fourth-order valence-electron chi connectivity index (χ4n) is 8.87. The van der Waals surface area contributed by atoms with Gasteiger partial charge in [-0.3, -0.25) is 14.6 Å². The molecule has 4 aliphatic rings. The van der Waals surface area contributed by atoms with Gasteiger partial charge in [-0.15, -0.1) is 0 Å². The van der Waals surface area contributed by atoms with Crippen molar-refractivity contribution in [1.29, 1.82) is 0 Å². The zero-order valence-corrected chi connectivity index (χ0v) is 36.7. The first kappa shape index (κ1) is 44.9. The van der Waals surface area contributed by atoms with Crippen molar-refractivity contribution >= 4 is 51.9 Å². The quantitative estimate of drug-likeness (QED) is 0.0673. The fourth-order valence-corrected chi connectivity index (χ4v) is 8.99. The second-order valence-electron chi connectivity index (χ2n) is 16.8. The lowest BCUT2D eigenvalue weighted by molar-refractivity contribution is -0.152. The molecule has 328 valence electrons. The first-order chi connectivity index (χ1) is 30.5. The Morgan fingerprint density at radius 1 is 0.730 bits per heavy atom. The highest BCUT2D eigenvalue weighted by molar-refractivity contribution is 6.33. The number of nitrogens with two attached hydrogens (primary N) is 1. The molecule has 9 rings (SSSR count). The Hall–Kier alpha value is -6.19. The highest BCUT2D eigenvalue weighted by Crippen LogP contribution is 2.43. The number of anilines is 1. The third-order valence-electron chi connectivity index (χ3n) is 12.7. The van der Waals surface area contributed by atoms with Gasteiger partial charge in [-0.1, -0.05) is 61.4 Å². The average molecular weight is 871 g/mol. The number of aromatic amines is 1. The molecule has 4 aliphatic carbocycles. The number of nitrogen functional groups attached to an aromatic ring is 1. The number of nitrogens with one attached hydrogen (secondary N) is 3. The summed E-state index contributed by atoms with van der Waals surface area (Å²) >= 11 is 5.80. The van der Waals surface area contributed by atoms with E-state index in [4.69, 9.17) is 26.8 Å². The number of esters is 2. The number of hydrogen-bond donors (Lipinski definition) is 4. The van der Waals surface area contributed by atoms with Crippen LogP contribution in [-0.2, 0) is 19.1 Å². The molecule has 4 saturated carbocycles.